The summed E-state index contributed by atoms with van der Waals surface area (Å²) in [5.41, 5.74) is 0. The van der Waals surface area contributed by atoms with Gasteiger partial charge in [-0.2, -0.15) is 0 Å². The van der Waals surface area contributed by atoms with Crippen molar-refractivity contribution < 1.29 is 24.5 Å². The van der Waals surface area contributed by atoms with Crippen LogP contribution in [0.4, 0.5) is 0 Å². The molecule has 0 spiro atoms. The predicted octanol–water partition coefficient (Wildman–Crippen LogP) is 24.9. The van der Waals surface area contributed by atoms with Crippen LogP contribution in [0.2, 0.25) is 0 Å². The first-order valence-electron chi connectivity index (χ1n) is 38.1. The van der Waals surface area contributed by atoms with E-state index >= 15 is 0 Å². The lowest BCUT2D eigenvalue weighted by molar-refractivity contribution is -0.143. The zero-order valence-corrected chi connectivity index (χ0v) is 56.5. The van der Waals surface area contributed by atoms with Gasteiger partial charge in [-0.3, -0.25) is 9.59 Å². The van der Waals surface area contributed by atoms with Crippen LogP contribution in [0.3, 0.4) is 0 Å². The number of hydrogen-bond donors (Lipinski definition) is 3. The van der Waals surface area contributed by atoms with Crippen LogP contribution in [-0.2, 0) is 14.3 Å². The zero-order valence-electron chi connectivity index (χ0n) is 56.5. The summed E-state index contributed by atoms with van der Waals surface area (Å²) < 4.78 is 5.51. The minimum absolute atomic E-state index is 0.0177. The van der Waals surface area contributed by atoms with Crippen LogP contribution in [0.25, 0.3) is 0 Å². The molecule has 0 aliphatic carbocycles. The average Bonchev–Trinajstić information content (AvgIpc) is 3.49. The van der Waals surface area contributed by atoms with E-state index in [1.165, 1.54) is 353 Å². The van der Waals surface area contributed by atoms with Gasteiger partial charge in [0.2, 0.25) is 5.91 Å². The lowest BCUT2D eigenvalue weighted by atomic mass is 10.0. The van der Waals surface area contributed by atoms with Crippen molar-refractivity contribution in [3.05, 3.63) is 24.3 Å². The maximum absolute atomic E-state index is 12.5. The third-order valence-electron chi connectivity index (χ3n) is 18.0. The van der Waals surface area contributed by atoms with E-state index in [1.54, 1.807) is 0 Å². The molecule has 0 aliphatic rings. The average molecular weight is 1170 g/mol. The van der Waals surface area contributed by atoms with E-state index in [9.17, 15) is 19.8 Å². The highest BCUT2D eigenvalue weighted by atomic mass is 16.5. The number of allylic oxidation sites excluding steroid dienone is 4. The smallest absolute Gasteiger partial charge is 0.305 e. The molecule has 6 heteroatoms. The fourth-order valence-electron chi connectivity index (χ4n) is 12.2. The number of hydrogen-bond acceptors (Lipinski definition) is 5. The van der Waals surface area contributed by atoms with Crippen LogP contribution >= 0.6 is 0 Å². The second kappa shape index (κ2) is 72.8. The summed E-state index contributed by atoms with van der Waals surface area (Å²) >= 11 is 0. The summed E-state index contributed by atoms with van der Waals surface area (Å²) in [6.07, 6.45) is 92.6. The summed E-state index contributed by atoms with van der Waals surface area (Å²) in [5.74, 6) is -0.0108. The number of aliphatic hydroxyl groups excluding tert-OH is 2. The molecular weight excluding hydrogens is 1020 g/mol. The molecular formula is C77H149NO5. The summed E-state index contributed by atoms with van der Waals surface area (Å²) in [7, 11) is 0. The molecule has 0 rings (SSSR count). The van der Waals surface area contributed by atoms with Gasteiger partial charge < -0.3 is 20.3 Å². The predicted molar refractivity (Wildman–Crippen MR) is 366 cm³/mol. The van der Waals surface area contributed by atoms with Crippen LogP contribution in [0.1, 0.15) is 431 Å². The van der Waals surface area contributed by atoms with Gasteiger partial charge in [0.15, 0.2) is 0 Å². The van der Waals surface area contributed by atoms with Gasteiger partial charge in [-0.25, -0.2) is 0 Å². The van der Waals surface area contributed by atoms with E-state index in [1.807, 2.05) is 0 Å². The van der Waals surface area contributed by atoms with Crippen molar-refractivity contribution >= 4 is 11.9 Å². The number of carbonyl (C=O) groups excluding carboxylic acids is 2. The fraction of sp³-hybridized carbons (Fsp3) is 0.922. The summed E-state index contributed by atoms with van der Waals surface area (Å²) in [6.45, 7) is 4.99. The molecule has 0 saturated carbocycles. The molecule has 0 heterocycles. The number of nitrogens with one attached hydrogen (secondary N) is 1. The molecule has 6 nitrogen and oxygen atoms in total. The lowest BCUT2D eigenvalue weighted by Gasteiger charge is -2.22. The first-order chi connectivity index (χ1) is 41.0. The van der Waals surface area contributed by atoms with Gasteiger partial charge in [0.05, 0.1) is 25.4 Å². The van der Waals surface area contributed by atoms with Gasteiger partial charge >= 0.3 is 5.97 Å². The molecule has 0 aliphatic heterocycles. The Balaban J connectivity index is 3.32. The zero-order chi connectivity index (χ0) is 59.9. The van der Waals surface area contributed by atoms with Gasteiger partial charge in [-0.15, -0.1) is 0 Å². The molecule has 0 radical (unpaired) electrons. The molecule has 492 valence electrons. The Hall–Kier alpha value is -1.66. The van der Waals surface area contributed by atoms with E-state index < -0.39 is 12.1 Å². The second-order valence-corrected chi connectivity index (χ2v) is 26.3. The van der Waals surface area contributed by atoms with E-state index in [0.29, 0.717) is 25.9 Å². The highest BCUT2D eigenvalue weighted by Crippen LogP contribution is 2.19. The Bertz CT molecular complexity index is 1300. The quantitative estimate of drug-likeness (QED) is 0.0320. The molecule has 0 fully saturated rings. The number of amides is 1. The maximum atomic E-state index is 12.5. The number of carbonyl (C=O) groups is 2. The SMILES string of the molecule is CCCCCCCC/C=C\CCCCCCCCCC(=O)OCCCCCCCCCCCCCCCC/C=C\CCCCCCCCCCCCCCCCCCCC(=O)NC(CO)C(O)CCCCCCCCCCCCCCCC. The Morgan fingerprint density at radius 1 is 0.325 bits per heavy atom. The number of esters is 1. The molecule has 83 heavy (non-hydrogen) atoms. The molecule has 2 atom stereocenters. The monoisotopic (exact) mass is 1170 g/mol. The van der Waals surface area contributed by atoms with Crippen molar-refractivity contribution in [2.75, 3.05) is 13.2 Å². The van der Waals surface area contributed by atoms with E-state index in [2.05, 4.69) is 43.5 Å². The second-order valence-electron chi connectivity index (χ2n) is 26.3. The molecule has 0 aromatic rings. The van der Waals surface area contributed by atoms with Gasteiger partial charge in [-0.1, -0.05) is 366 Å². The van der Waals surface area contributed by atoms with Crippen molar-refractivity contribution in [3.63, 3.8) is 0 Å². The van der Waals surface area contributed by atoms with Crippen LogP contribution < -0.4 is 5.32 Å². The van der Waals surface area contributed by atoms with Gasteiger partial charge in [0.1, 0.15) is 0 Å². The largest absolute Gasteiger partial charge is 0.466 e. The first kappa shape index (κ1) is 81.3. The third kappa shape index (κ3) is 69.3. The van der Waals surface area contributed by atoms with Gasteiger partial charge in [0, 0.05) is 12.8 Å². The van der Waals surface area contributed by atoms with Gasteiger partial charge in [0.25, 0.3) is 0 Å². The Labute approximate surface area is 520 Å². The van der Waals surface area contributed by atoms with Crippen molar-refractivity contribution in [3.8, 4) is 0 Å². The molecule has 0 aromatic carbocycles. The summed E-state index contributed by atoms with van der Waals surface area (Å²) in [6, 6.07) is -0.538. The maximum Gasteiger partial charge on any atom is 0.305 e. The van der Waals surface area contributed by atoms with Crippen LogP contribution in [0.5, 0.6) is 0 Å². The molecule has 3 N–H and O–H groups in total. The standard InChI is InChI=1S/C77H149NO5/c1-3-5-7-9-11-13-15-17-19-39-43-47-51-55-59-63-67-71-77(82)83-72-68-64-60-56-52-48-44-41-38-36-34-32-30-28-26-24-22-20-21-23-25-27-29-31-33-35-37-40-42-46-50-54-58-62-66-70-76(81)78-74(73-79)75(80)69-65-61-57-53-49-45-18-16-14-12-10-8-6-4-2/h17,19,22,24,74-75,79-80H,3-16,18,20-21,23,25-73H2,1-2H3,(H,78,81)/b19-17-,24-22-. The molecule has 2 unspecified atom stereocenters. The molecule has 0 saturated heterocycles. The Morgan fingerprint density at radius 3 is 0.855 bits per heavy atom. The van der Waals surface area contributed by atoms with Crippen molar-refractivity contribution in [2.24, 2.45) is 0 Å². The summed E-state index contributed by atoms with van der Waals surface area (Å²) in [4.78, 5) is 24.6. The van der Waals surface area contributed by atoms with Crippen LogP contribution in [0, 0.1) is 0 Å². The third-order valence-corrected chi connectivity index (χ3v) is 18.0. The topological polar surface area (TPSA) is 95.9 Å². The minimum atomic E-state index is -0.661. The van der Waals surface area contributed by atoms with E-state index in [0.717, 1.165) is 44.9 Å². The van der Waals surface area contributed by atoms with E-state index in [4.69, 9.17) is 4.74 Å². The lowest BCUT2D eigenvalue weighted by Crippen LogP contribution is -2.45. The molecule has 0 aromatic heterocycles. The van der Waals surface area contributed by atoms with Gasteiger partial charge in [-0.05, 0) is 77.0 Å². The first-order valence-corrected chi connectivity index (χ1v) is 38.1. The highest BCUT2D eigenvalue weighted by molar-refractivity contribution is 5.76. The van der Waals surface area contributed by atoms with E-state index in [-0.39, 0.29) is 18.5 Å². The number of rotatable bonds is 72. The Morgan fingerprint density at radius 2 is 0.566 bits per heavy atom. The van der Waals surface area contributed by atoms with Crippen LogP contribution in [0.15, 0.2) is 24.3 Å². The van der Waals surface area contributed by atoms with Crippen LogP contribution in [-0.4, -0.2) is 47.4 Å². The molecule has 1 amide bonds. The summed E-state index contributed by atoms with van der Waals surface area (Å²) in [5, 5.41) is 23.3. The minimum Gasteiger partial charge on any atom is -0.466 e. The normalized spacial score (nSPS) is 12.6. The van der Waals surface area contributed by atoms with Crippen molar-refractivity contribution in [2.45, 2.75) is 443 Å². The number of aliphatic hydroxyl groups is 2. The van der Waals surface area contributed by atoms with Crippen molar-refractivity contribution in [1.82, 2.24) is 5.32 Å². The Kier molecular flexibility index (Phi) is 71.4. The number of ether oxygens (including phenoxy) is 1. The highest BCUT2D eigenvalue weighted by Gasteiger charge is 2.20. The molecule has 0 bridgehead atoms. The fourth-order valence-corrected chi connectivity index (χ4v) is 12.2. The number of unbranched alkanes of at least 4 members (excludes halogenated alkanes) is 57. The van der Waals surface area contributed by atoms with Crippen molar-refractivity contribution in [1.29, 1.82) is 0 Å².